The zero-order valence-electron chi connectivity index (χ0n) is 34.3. The number of hydrogen-bond donors (Lipinski definition) is 1. The van der Waals surface area contributed by atoms with Crippen molar-refractivity contribution < 1.29 is 14.3 Å². The van der Waals surface area contributed by atoms with Gasteiger partial charge in [-0.1, -0.05) is 68.5 Å². The standard InChI is InChI=1S/C47H56BrN5O4S/c1-30-43(58-29-49-30)34-22-20-33(21-23-34)38(50-46(55)57-47(2,3)4)28-56-26-10-12-31-11-5-6-13-32(19-18-31)35-24-25-39-41(27-35)52(36-14-7-8-15-36)45-51-44(54)42-37(48)16-9-17-40(42)53(39)45/h9,16-17,20-25,27,29,31-32,36,38H,5-8,10-15,18-19,26,28H2,1-4H3,(H,50,55)/t31?,32?,38-/m0/s1. The summed E-state index contributed by atoms with van der Waals surface area (Å²) in [6.45, 7) is 8.68. The van der Waals surface area contributed by atoms with Crippen molar-refractivity contribution in [3.05, 3.63) is 97.8 Å². The van der Waals surface area contributed by atoms with E-state index in [1.807, 2.05) is 51.4 Å². The predicted octanol–water partition coefficient (Wildman–Crippen LogP) is 12.2. The molecule has 0 saturated heterocycles. The molecule has 11 heteroatoms. The van der Waals surface area contributed by atoms with Gasteiger partial charge in [0.2, 0.25) is 5.78 Å². The van der Waals surface area contributed by atoms with Gasteiger partial charge in [-0.15, -0.1) is 11.3 Å². The number of hydrogen-bond acceptors (Lipinski definition) is 7. The lowest BCUT2D eigenvalue weighted by molar-refractivity contribution is 0.0436. The fourth-order valence-electron chi connectivity index (χ4n) is 9.38. The van der Waals surface area contributed by atoms with Gasteiger partial charge in [-0.3, -0.25) is 9.20 Å². The van der Waals surface area contributed by atoms with Gasteiger partial charge in [0, 0.05) is 17.1 Å². The van der Waals surface area contributed by atoms with Crippen molar-refractivity contribution in [2.75, 3.05) is 13.2 Å². The Hall–Kier alpha value is -4.06. The highest BCUT2D eigenvalue weighted by atomic mass is 79.9. The van der Waals surface area contributed by atoms with E-state index in [1.165, 1.54) is 62.4 Å². The lowest BCUT2D eigenvalue weighted by atomic mass is 9.80. The minimum absolute atomic E-state index is 0.175. The molecular formula is C47H56BrN5O4S. The van der Waals surface area contributed by atoms with Gasteiger partial charge in [-0.2, -0.15) is 4.98 Å². The van der Waals surface area contributed by atoms with Crippen LogP contribution in [-0.2, 0) is 9.47 Å². The van der Waals surface area contributed by atoms with Crippen molar-refractivity contribution in [1.82, 2.24) is 24.3 Å². The number of aryl methyl sites for hydroxylation is 1. The van der Waals surface area contributed by atoms with Gasteiger partial charge < -0.3 is 19.4 Å². The monoisotopic (exact) mass is 865 g/mol. The molecule has 6 aromatic rings. The molecule has 3 heterocycles. The fourth-order valence-corrected chi connectivity index (χ4v) is 10.7. The quantitative estimate of drug-likeness (QED) is 0.130. The minimum Gasteiger partial charge on any atom is -0.444 e. The van der Waals surface area contributed by atoms with E-state index < -0.39 is 11.7 Å². The number of halogens is 1. The Morgan fingerprint density at radius 3 is 2.48 bits per heavy atom. The normalized spacial score (nSPS) is 18.8. The van der Waals surface area contributed by atoms with Gasteiger partial charge in [0.25, 0.3) is 5.56 Å². The van der Waals surface area contributed by atoms with Crippen LogP contribution >= 0.6 is 27.3 Å². The molecule has 8 rings (SSSR count). The molecule has 0 bridgehead atoms. The van der Waals surface area contributed by atoms with Crippen LogP contribution < -0.4 is 10.9 Å². The van der Waals surface area contributed by atoms with Crippen LogP contribution in [0.3, 0.4) is 0 Å². The smallest absolute Gasteiger partial charge is 0.408 e. The van der Waals surface area contributed by atoms with Crippen molar-refractivity contribution >= 4 is 61.1 Å². The van der Waals surface area contributed by atoms with E-state index in [0.717, 1.165) is 68.7 Å². The maximum Gasteiger partial charge on any atom is 0.408 e. The summed E-state index contributed by atoms with van der Waals surface area (Å²) >= 11 is 5.26. The summed E-state index contributed by atoms with van der Waals surface area (Å²) in [5.74, 6) is 1.93. The Morgan fingerprint density at radius 2 is 1.72 bits per heavy atom. The molecule has 306 valence electrons. The highest BCUT2D eigenvalue weighted by Gasteiger charge is 2.27. The molecule has 3 aromatic heterocycles. The highest BCUT2D eigenvalue weighted by molar-refractivity contribution is 9.10. The molecule has 9 nitrogen and oxygen atoms in total. The molecule has 0 radical (unpaired) electrons. The first-order valence-electron chi connectivity index (χ1n) is 21.3. The molecular weight excluding hydrogens is 811 g/mol. The summed E-state index contributed by atoms with van der Waals surface area (Å²) in [6.07, 6.45) is 13.7. The third-order valence-electron chi connectivity index (χ3n) is 12.3. The second-order valence-electron chi connectivity index (χ2n) is 17.5. The van der Waals surface area contributed by atoms with Crippen molar-refractivity contribution in [3.63, 3.8) is 0 Å². The van der Waals surface area contributed by atoms with E-state index in [4.69, 9.17) is 14.5 Å². The van der Waals surface area contributed by atoms with Gasteiger partial charge in [0.05, 0.1) is 50.7 Å². The average molecular weight is 867 g/mol. The molecule has 2 unspecified atom stereocenters. The third-order valence-corrected chi connectivity index (χ3v) is 13.9. The molecule has 58 heavy (non-hydrogen) atoms. The molecule has 2 saturated carbocycles. The Kier molecular flexibility index (Phi) is 12.4. The first-order valence-corrected chi connectivity index (χ1v) is 22.9. The number of benzene rings is 3. The number of rotatable bonds is 11. The lowest BCUT2D eigenvalue weighted by Gasteiger charge is -2.26. The number of imidazole rings is 1. The van der Waals surface area contributed by atoms with E-state index in [2.05, 4.69) is 77.7 Å². The minimum atomic E-state index is -0.589. The molecule has 1 N–H and O–H groups in total. The van der Waals surface area contributed by atoms with Crippen molar-refractivity contribution in [2.45, 2.75) is 128 Å². The lowest BCUT2D eigenvalue weighted by Crippen LogP contribution is -2.36. The number of aromatic nitrogens is 4. The number of nitrogens with one attached hydrogen (secondary N) is 1. The van der Waals surface area contributed by atoms with E-state index >= 15 is 0 Å². The molecule has 3 atom stereocenters. The van der Waals surface area contributed by atoms with Crippen LogP contribution in [0.4, 0.5) is 4.79 Å². The summed E-state index contributed by atoms with van der Waals surface area (Å²) in [5, 5.41) is 3.70. The predicted molar refractivity (Wildman–Crippen MR) is 238 cm³/mol. The van der Waals surface area contributed by atoms with Crippen molar-refractivity contribution in [2.24, 2.45) is 5.92 Å². The Balaban J connectivity index is 0.925. The highest BCUT2D eigenvalue weighted by Crippen LogP contribution is 2.40. The van der Waals surface area contributed by atoms with Crippen LogP contribution in [0, 0.1) is 12.8 Å². The van der Waals surface area contributed by atoms with E-state index in [1.54, 1.807) is 11.3 Å². The van der Waals surface area contributed by atoms with Crippen molar-refractivity contribution in [1.29, 1.82) is 0 Å². The zero-order valence-corrected chi connectivity index (χ0v) is 36.7. The summed E-state index contributed by atoms with van der Waals surface area (Å²) in [5.41, 5.74) is 8.86. The van der Waals surface area contributed by atoms with Gasteiger partial charge in [-0.25, -0.2) is 9.78 Å². The molecule has 2 aliphatic rings. The number of nitrogens with zero attached hydrogens (tertiary/aromatic N) is 4. The van der Waals surface area contributed by atoms with Crippen LogP contribution in [-0.4, -0.2) is 43.8 Å². The molecule has 0 spiro atoms. The largest absolute Gasteiger partial charge is 0.444 e. The average Bonchev–Trinajstić information content (AvgIpc) is 3.93. The Labute approximate surface area is 353 Å². The number of carbonyl (C=O) groups excluding carboxylic acids is 1. The summed E-state index contributed by atoms with van der Waals surface area (Å²) in [6, 6.07) is 21.4. The van der Waals surface area contributed by atoms with E-state index in [-0.39, 0.29) is 11.6 Å². The Morgan fingerprint density at radius 1 is 0.948 bits per heavy atom. The van der Waals surface area contributed by atoms with Gasteiger partial charge >= 0.3 is 6.09 Å². The van der Waals surface area contributed by atoms with Crippen LogP contribution in [0.15, 0.2) is 75.4 Å². The fraction of sp³-hybridized carbons (Fsp3) is 0.489. The van der Waals surface area contributed by atoms with Crippen molar-refractivity contribution in [3.8, 4) is 10.4 Å². The summed E-state index contributed by atoms with van der Waals surface area (Å²) in [4.78, 5) is 36.6. The van der Waals surface area contributed by atoms with Gasteiger partial charge in [-0.05, 0) is 141 Å². The molecule has 2 aliphatic carbocycles. The third kappa shape index (κ3) is 8.92. The summed E-state index contributed by atoms with van der Waals surface area (Å²) in [7, 11) is 0. The maximum absolute atomic E-state index is 13.4. The molecule has 1 amide bonds. The van der Waals surface area contributed by atoms with E-state index in [9.17, 15) is 9.59 Å². The second kappa shape index (κ2) is 17.7. The zero-order chi connectivity index (χ0) is 40.4. The second-order valence-corrected chi connectivity index (χ2v) is 19.2. The Bertz CT molecular complexity index is 2440. The van der Waals surface area contributed by atoms with Crippen LogP contribution in [0.5, 0.6) is 0 Å². The van der Waals surface area contributed by atoms with Gasteiger partial charge in [0.1, 0.15) is 5.60 Å². The first-order chi connectivity index (χ1) is 28.0. The molecule has 2 fully saturated rings. The number of thiazole rings is 1. The van der Waals surface area contributed by atoms with Crippen LogP contribution in [0.1, 0.15) is 133 Å². The van der Waals surface area contributed by atoms with Crippen LogP contribution in [0.25, 0.3) is 38.2 Å². The number of fused-ring (bicyclic) bond motifs is 5. The topological polar surface area (TPSA) is 99.8 Å². The molecule has 0 aliphatic heterocycles. The number of amides is 1. The number of carbonyl (C=O) groups is 1. The molecule has 3 aromatic carbocycles. The van der Waals surface area contributed by atoms with E-state index in [0.29, 0.717) is 36.5 Å². The van der Waals surface area contributed by atoms with Gasteiger partial charge in [0.15, 0.2) is 0 Å². The number of alkyl carbamates (subject to hydrolysis) is 1. The number of ether oxygens (including phenoxy) is 2. The van der Waals surface area contributed by atoms with Crippen LogP contribution in [0.2, 0.25) is 0 Å². The summed E-state index contributed by atoms with van der Waals surface area (Å²) < 4.78 is 17.3. The SMILES string of the molecule is Cc1ncsc1-c1ccc([C@H](COCCCC2CCCCC(c3ccc4c(c3)n(C3CCCC3)c3nc(=O)c5c(Br)cccc5n43)CC2)NC(=O)OC(C)(C)C)cc1. The first kappa shape index (κ1) is 40.7. The maximum atomic E-state index is 13.4.